The van der Waals surface area contributed by atoms with E-state index < -0.39 is 5.97 Å². The minimum Gasteiger partial charge on any atom is -0.507 e. The molecule has 0 unspecified atom stereocenters. The van der Waals surface area contributed by atoms with E-state index in [9.17, 15) is 9.90 Å². The lowest BCUT2D eigenvalue weighted by Crippen LogP contribution is -2.00. The Labute approximate surface area is 79.4 Å². The van der Waals surface area contributed by atoms with Gasteiger partial charge in [-0.3, -0.25) is 0 Å². The molecule has 1 rings (SSSR count). The van der Waals surface area contributed by atoms with Gasteiger partial charge in [0.2, 0.25) is 0 Å². The summed E-state index contributed by atoms with van der Waals surface area (Å²) < 4.78 is 4.42. The molecule has 0 aromatic heterocycles. The Morgan fingerprint density at radius 3 is 2.93 bits per heavy atom. The van der Waals surface area contributed by atoms with Crippen molar-refractivity contribution in [1.29, 1.82) is 0 Å². The van der Waals surface area contributed by atoms with Gasteiger partial charge >= 0.3 is 5.97 Å². The van der Waals surface area contributed by atoms with E-state index in [1.807, 2.05) is 0 Å². The molecular weight excluding hydrogens is 186 g/mol. The second-order valence-corrected chi connectivity index (χ2v) is 2.35. The number of para-hydroxylation sites is 1. The van der Waals surface area contributed by atoms with Crippen LogP contribution in [0.2, 0.25) is 0 Å². The maximum Gasteiger partial charge on any atom is 0.341 e. The Kier molecular flexibility index (Phi) is 2.93. The Morgan fingerprint density at radius 2 is 2.36 bits per heavy atom. The van der Waals surface area contributed by atoms with Gasteiger partial charge in [0, 0.05) is 4.91 Å². The van der Waals surface area contributed by atoms with Gasteiger partial charge in [0.1, 0.15) is 11.3 Å². The summed E-state index contributed by atoms with van der Waals surface area (Å²) in [5.41, 5.74) is 8.13. The molecule has 0 atom stereocenters. The molecule has 0 spiro atoms. The van der Waals surface area contributed by atoms with Crippen LogP contribution in [0.1, 0.15) is 10.4 Å². The molecule has 0 aliphatic carbocycles. The van der Waals surface area contributed by atoms with E-state index in [0.29, 0.717) is 0 Å². The van der Waals surface area contributed by atoms with Crippen LogP contribution in [0.15, 0.2) is 23.3 Å². The summed E-state index contributed by atoms with van der Waals surface area (Å²) >= 11 is 0. The summed E-state index contributed by atoms with van der Waals surface area (Å²) in [7, 11) is 1.20. The quantitative estimate of drug-likeness (QED) is 0.337. The van der Waals surface area contributed by atoms with E-state index in [1.54, 1.807) is 0 Å². The second kappa shape index (κ2) is 4.15. The highest BCUT2D eigenvalue weighted by Gasteiger charge is 2.13. The monoisotopic (exact) mass is 193 g/mol. The summed E-state index contributed by atoms with van der Waals surface area (Å²) in [6.45, 7) is 0. The van der Waals surface area contributed by atoms with E-state index in [-0.39, 0.29) is 17.0 Å². The molecule has 1 N–H and O–H groups in total. The Hall–Kier alpha value is -2.20. The minimum absolute atomic E-state index is 0.00426. The lowest BCUT2D eigenvalue weighted by molar-refractivity contribution is 0.0597. The number of ether oxygens (including phenoxy) is 1. The van der Waals surface area contributed by atoms with Crippen LogP contribution in [0.25, 0.3) is 10.4 Å². The van der Waals surface area contributed by atoms with Crippen LogP contribution in [-0.2, 0) is 4.74 Å². The molecule has 14 heavy (non-hydrogen) atoms. The molecule has 0 saturated heterocycles. The van der Waals surface area contributed by atoms with Crippen molar-refractivity contribution in [3.63, 3.8) is 0 Å². The summed E-state index contributed by atoms with van der Waals surface area (Å²) in [6.07, 6.45) is 0. The maximum absolute atomic E-state index is 11.1. The van der Waals surface area contributed by atoms with Gasteiger partial charge in [-0.1, -0.05) is 11.2 Å². The molecular formula is C8H7N3O3. The van der Waals surface area contributed by atoms with Crippen LogP contribution in [0.4, 0.5) is 5.69 Å². The number of nitrogens with zero attached hydrogens (tertiary/aromatic N) is 3. The number of aromatic hydroxyl groups is 1. The number of rotatable bonds is 2. The number of phenols is 1. The highest BCUT2D eigenvalue weighted by atomic mass is 16.5. The van der Waals surface area contributed by atoms with Crippen molar-refractivity contribution in [3.8, 4) is 5.75 Å². The highest BCUT2D eigenvalue weighted by molar-refractivity contribution is 5.94. The number of esters is 1. The zero-order valence-electron chi connectivity index (χ0n) is 7.34. The fourth-order valence-electron chi connectivity index (χ4n) is 0.935. The van der Waals surface area contributed by atoms with Crippen LogP contribution in [0, 0.1) is 0 Å². The van der Waals surface area contributed by atoms with Crippen molar-refractivity contribution in [1.82, 2.24) is 0 Å². The number of hydrogen-bond donors (Lipinski definition) is 1. The minimum atomic E-state index is -0.683. The van der Waals surface area contributed by atoms with Gasteiger partial charge in [0.15, 0.2) is 0 Å². The first kappa shape index (κ1) is 9.88. The van der Waals surface area contributed by atoms with Gasteiger partial charge in [0.25, 0.3) is 0 Å². The molecule has 1 aromatic rings. The summed E-state index contributed by atoms with van der Waals surface area (Å²) in [5, 5.41) is 12.7. The zero-order chi connectivity index (χ0) is 10.6. The molecule has 0 fully saturated rings. The molecule has 6 heteroatoms. The van der Waals surface area contributed by atoms with Gasteiger partial charge < -0.3 is 9.84 Å². The zero-order valence-corrected chi connectivity index (χ0v) is 7.34. The first-order chi connectivity index (χ1) is 6.70. The van der Waals surface area contributed by atoms with E-state index in [1.165, 1.54) is 25.3 Å². The van der Waals surface area contributed by atoms with Gasteiger partial charge in [-0.25, -0.2) is 4.79 Å². The standard InChI is InChI=1S/C8H7N3O3/c1-14-8(13)5-3-2-4-6(7(5)12)10-11-9/h2-4,12H,1H3. The summed E-state index contributed by atoms with van der Waals surface area (Å²) in [4.78, 5) is 13.6. The van der Waals surface area contributed by atoms with Crippen LogP contribution >= 0.6 is 0 Å². The van der Waals surface area contributed by atoms with Crippen LogP contribution < -0.4 is 0 Å². The number of carbonyl (C=O) groups excluding carboxylic acids is 1. The number of phenolic OH excluding ortho intramolecular Hbond substituents is 1. The average molecular weight is 193 g/mol. The van der Waals surface area contributed by atoms with Gasteiger partial charge in [-0.15, -0.1) is 0 Å². The van der Waals surface area contributed by atoms with Crippen molar-refractivity contribution in [2.75, 3.05) is 7.11 Å². The Morgan fingerprint density at radius 1 is 1.64 bits per heavy atom. The molecule has 0 saturated carbocycles. The SMILES string of the molecule is COC(=O)c1cccc(N=[N+]=[N-])c1O. The predicted molar refractivity (Wildman–Crippen MR) is 48.3 cm³/mol. The molecule has 0 radical (unpaired) electrons. The van der Waals surface area contributed by atoms with Crippen LogP contribution in [0.3, 0.4) is 0 Å². The molecule has 0 heterocycles. The van der Waals surface area contributed by atoms with E-state index in [2.05, 4.69) is 14.8 Å². The summed E-state index contributed by atoms with van der Waals surface area (Å²) in [5.74, 6) is -1.06. The molecule has 0 aliphatic heterocycles. The fraction of sp³-hybridized carbons (Fsp3) is 0.125. The van der Waals surface area contributed by atoms with Crippen molar-refractivity contribution in [2.45, 2.75) is 0 Å². The molecule has 72 valence electrons. The third-order valence-electron chi connectivity index (χ3n) is 1.57. The number of azide groups is 1. The first-order valence-corrected chi connectivity index (χ1v) is 3.66. The molecule has 6 nitrogen and oxygen atoms in total. The highest BCUT2D eigenvalue weighted by Crippen LogP contribution is 2.30. The van der Waals surface area contributed by atoms with Gasteiger partial charge in [0.05, 0.1) is 12.8 Å². The van der Waals surface area contributed by atoms with Gasteiger partial charge in [-0.05, 0) is 17.7 Å². The smallest absolute Gasteiger partial charge is 0.341 e. The molecule has 0 bridgehead atoms. The fourth-order valence-corrected chi connectivity index (χ4v) is 0.935. The normalized spacial score (nSPS) is 8.93. The van der Waals surface area contributed by atoms with Crippen LogP contribution in [0.5, 0.6) is 5.75 Å². The van der Waals surface area contributed by atoms with Crippen molar-refractivity contribution < 1.29 is 14.6 Å². The Balaban J connectivity index is 3.26. The lowest BCUT2D eigenvalue weighted by Gasteiger charge is -2.03. The second-order valence-electron chi connectivity index (χ2n) is 2.35. The molecule has 0 aliphatic rings. The molecule has 0 amide bonds. The average Bonchev–Trinajstić information content (AvgIpc) is 2.20. The largest absolute Gasteiger partial charge is 0.507 e. The number of methoxy groups -OCH3 is 1. The Bertz CT molecular complexity index is 410. The van der Waals surface area contributed by atoms with Crippen molar-refractivity contribution in [2.24, 2.45) is 5.11 Å². The third kappa shape index (κ3) is 1.75. The maximum atomic E-state index is 11.1. The number of benzene rings is 1. The third-order valence-corrected chi connectivity index (χ3v) is 1.57. The first-order valence-electron chi connectivity index (χ1n) is 3.66. The van der Waals surface area contributed by atoms with Crippen molar-refractivity contribution >= 4 is 11.7 Å². The van der Waals surface area contributed by atoms with Gasteiger partial charge in [-0.2, -0.15) is 0 Å². The topological polar surface area (TPSA) is 95.3 Å². The van der Waals surface area contributed by atoms with Crippen LogP contribution in [-0.4, -0.2) is 18.2 Å². The van der Waals surface area contributed by atoms with E-state index in [4.69, 9.17) is 5.53 Å². The van der Waals surface area contributed by atoms with E-state index >= 15 is 0 Å². The van der Waals surface area contributed by atoms with E-state index in [0.717, 1.165) is 0 Å². The number of hydrogen-bond acceptors (Lipinski definition) is 4. The number of carbonyl (C=O) groups is 1. The van der Waals surface area contributed by atoms with Crippen molar-refractivity contribution in [3.05, 3.63) is 34.2 Å². The lowest BCUT2D eigenvalue weighted by atomic mass is 10.2. The molecule has 1 aromatic carbocycles. The predicted octanol–water partition coefficient (Wildman–Crippen LogP) is 2.12. The summed E-state index contributed by atoms with van der Waals surface area (Å²) in [6, 6.07) is 4.25.